The highest BCUT2D eigenvalue weighted by Crippen LogP contribution is 2.11. The van der Waals surface area contributed by atoms with Gasteiger partial charge in [-0.2, -0.15) is 0 Å². The topological polar surface area (TPSA) is 73.6 Å². The molecule has 0 fully saturated rings. The van der Waals surface area contributed by atoms with E-state index in [0.29, 0.717) is 26.4 Å². The quantitative estimate of drug-likeness (QED) is 0.397. The third-order valence-corrected chi connectivity index (χ3v) is 2.55. The SMILES string of the molecule is COCCOCCCNCc1ccc([N+](=O)[O-])cc1. The molecule has 0 heterocycles. The van der Waals surface area contributed by atoms with Gasteiger partial charge in [0.15, 0.2) is 0 Å². The van der Waals surface area contributed by atoms with Crippen molar-refractivity contribution in [3.8, 4) is 0 Å². The van der Waals surface area contributed by atoms with Gasteiger partial charge in [-0.1, -0.05) is 12.1 Å². The van der Waals surface area contributed by atoms with E-state index in [-0.39, 0.29) is 5.69 Å². The molecule has 0 atom stereocenters. The van der Waals surface area contributed by atoms with Crippen LogP contribution in [-0.2, 0) is 16.0 Å². The van der Waals surface area contributed by atoms with Gasteiger partial charge in [0.05, 0.1) is 18.1 Å². The first-order valence-electron chi connectivity index (χ1n) is 6.25. The Labute approximate surface area is 112 Å². The maximum Gasteiger partial charge on any atom is 0.269 e. The number of nitrogens with zero attached hydrogens (tertiary/aromatic N) is 1. The largest absolute Gasteiger partial charge is 0.382 e. The van der Waals surface area contributed by atoms with Crippen LogP contribution in [-0.4, -0.2) is 38.4 Å². The van der Waals surface area contributed by atoms with E-state index in [1.807, 2.05) is 0 Å². The van der Waals surface area contributed by atoms with Crippen LogP contribution in [0.15, 0.2) is 24.3 Å². The summed E-state index contributed by atoms with van der Waals surface area (Å²) in [5.41, 5.74) is 1.15. The summed E-state index contributed by atoms with van der Waals surface area (Å²) in [5.74, 6) is 0. The molecule has 0 unspecified atom stereocenters. The second kappa shape index (κ2) is 9.43. The van der Waals surface area contributed by atoms with E-state index in [1.54, 1.807) is 19.2 Å². The van der Waals surface area contributed by atoms with E-state index in [4.69, 9.17) is 9.47 Å². The average Bonchev–Trinajstić information content (AvgIpc) is 2.42. The zero-order valence-corrected chi connectivity index (χ0v) is 11.1. The average molecular weight is 268 g/mol. The Morgan fingerprint density at radius 1 is 1.21 bits per heavy atom. The fraction of sp³-hybridized carbons (Fsp3) is 0.538. The van der Waals surface area contributed by atoms with Gasteiger partial charge in [0.1, 0.15) is 0 Å². The maximum atomic E-state index is 10.5. The van der Waals surface area contributed by atoms with Crippen LogP contribution in [0.4, 0.5) is 5.69 Å². The van der Waals surface area contributed by atoms with Crippen LogP contribution in [0.3, 0.4) is 0 Å². The summed E-state index contributed by atoms with van der Waals surface area (Å²) in [6.45, 7) is 3.51. The summed E-state index contributed by atoms with van der Waals surface area (Å²) in [6.07, 6.45) is 0.927. The molecular weight excluding hydrogens is 248 g/mol. The van der Waals surface area contributed by atoms with Gasteiger partial charge in [-0.15, -0.1) is 0 Å². The maximum absolute atomic E-state index is 10.5. The zero-order valence-electron chi connectivity index (χ0n) is 11.1. The van der Waals surface area contributed by atoms with Crippen molar-refractivity contribution < 1.29 is 14.4 Å². The van der Waals surface area contributed by atoms with Crippen LogP contribution in [0.1, 0.15) is 12.0 Å². The molecule has 106 valence electrons. The Morgan fingerprint density at radius 3 is 2.58 bits per heavy atom. The number of nitro benzene ring substituents is 1. The van der Waals surface area contributed by atoms with Gasteiger partial charge in [0.25, 0.3) is 5.69 Å². The van der Waals surface area contributed by atoms with E-state index in [1.165, 1.54) is 12.1 Å². The van der Waals surface area contributed by atoms with Crippen LogP contribution in [0.25, 0.3) is 0 Å². The van der Waals surface area contributed by atoms with E-state index in [0.717, 1.165) is 18.5 Å². The van der Waals surface area contributed by atoms with Crippen molar-refractivity contribution in [2.24, 2.45) is 0 Å². The number of non-ortho nitro benzene ring substituents is 1. The molecule has 1 aromatic rings. The lowest BCUT2D eigenvalue weighted by molar-refractivity contribution is -0.384. The van der Waals surface area contributed by atoms with Gasteiger partial charge in [-0.05, 0) is 18.5 Å². The molecule has 0 saturated heterocycles. The molecule has 0 aliphatic carbocycles. The Hall–Kier alpha value is -1.50. The van der Waals surface area contributed by atoms with Crippen LogP contribution in [0.5, 0.6) is 0 Å². The predicted octanol–water partition coefficient (Wildman–Crippen LogP) is 1.74. The second-order valence-corrected chi connectivity index (χ2v) is 4.06. The lowest BCUT2D eigenvalue weighted by atomic mass is 10.2. The highest BCUT2D eigenvalue weighted by Gasteiger charge is 2.03. The first-order valence-corrected chi connectivity index (χ1v) is 6.25. The first kappa shape index (κ1) is 15.6. The number of methoxy groups -OCH3 is 1. The lowest BCUT2D eigenvalue weighted by Gasteiger charge is -2.06. The summed E-state index contributed by atoms with van der Waals surface area (Å²) >= 11 is 0. The van der Waals surface area contributed by atoms with Gasteiger partial charge in [-0.25, -0.2) is 0 Å². The number of hydrogen-bond acceptors (Lipinski definition) is 5. The van der Waals surface area contributed by atoms with E-state index in [2.05, 4.69) is 5.32 Å². The number of nitrogens with one attached hydrogen (secondary N) is 1. The lowest BCUT2D eigenvalue weighted by Crippen LogP contribution is -2.16. The summed E-state index contributed by atoms with van der Waals surface area (Å²) in [6, 6.07) is 6.57. The number of benzene rings is 1. The molecule has 0 bridgehead atoms. The minimum Gasteiger partial charge on any atom is -0.382 e. The zero-order chi connectivity index (χ0) is 13.9. The second-order valence-electron chi connectivity index (χ2n) is 4.06. The monoisotopic (exact) mass is 268 g/mol. The fourth-order valence-corrected chi connectivity index (χ4v) is 1.51. The smallest absolute Gasteiger partial charge is 0.269 e. The number of rotatable bonds is 10. The van der Waals surface area contributed by atoms with Crippen LogP contribution < -0.4 is 5.32 Å². The molecule has 1 N–H and O–H groups in total. The molecule has 0 aliphatic rings. The minimum atomic E-state index is -0.394. The van der Waals surface area contributed by atoms with Crippen LogP contribution >= 0.6 is 0 Å². The van der Waals surface area contributed by atoms with Crippen molar-refractivity contribution in [2.75, 3.05) is 33.5 Å². The summed E-state index contributed by atoms with van der Waals surface area (Å²) in [5, 5.41) is 13.7. The first-order chi connectivity index (χ1) is 9.24. The molecule has 19 heavy (non-hydrogen) atoms. The van der Waals surface area contributed by atoms with Crippen molar-refractivity contribution in [3.63, 3.8) is 0 Å². The van der Waals surface area contributed by atoms with Gasteiger partial charge in [-0.3, -0.25) is 10.1 Å². The molecule has 1 aromatic carbocycles. The van der Waals surface area contributed by atoms with E-state index in [9.17, 15) is 10.1 Å². The molecule has 0 amide bonds. The van der Waals surface area contributed by atoms with E-state index >= 15 is 0 Å². The van der Waals surface area contributed by atoms with Crippen LogP contribution in [0.2, 0.25) is 0 Å². The molecule has 0 radical (unpaired) electrons. The molecule has 0 saturated carbocycles. The molecule has 0 aliphatic heterocycles. The minimum absolute atomic E-state index is 0.121. The summed E-state index contributed by atoms with van der Waals surface area (Å²) < 4.78 is 10.2. The molecular formula is C13H20N2O4. The van der Waals surface area contributed by atoms with Crippen molar-refractivity contribution in [3.05, 3.63) is 39.9 Å². The third-order valence-electron chi connectivity index (χ3n) is 2.55. The predicted molar refractivity (Wildman–Crippen MR) is 72.1 cm³/mol. The van der Waals surface area contributed by atoms with Crippen molar-refractivity contribution >= 4 is 5.69 Å². The van der Waals surface area contributed by atoms with Crippen molar-refractivity contribution in [1.29, 1.82) is 0 Å². The fourth-order valence-electron chi connectivity index (χ4n) is 1.51. The Kier molecular flexibility index (Phi) is 7.72. The van der Waals surface area contributed by atoms with Crippen molar-refractivity contribution in [2.45, 2.75) is 13.0 Å². The summed E-state index contributed by atoms with van der Waals surface area (Å²) in [4.78, 5) is 10.1. The number of ether oxygens (including phenoxy) is 2. The molecule has 1 rings (SSSR count). The number of hydrogen-bond donors (Lipinski definition) is 1. The third kappa shape index (κ3) is 6.85. The molecule has 0 spiro atoms. The normalized spacial score (nSPS) is 10.6. The Morgan fingerprint density at radius 2 is 1.95 bits per heavy atom. The van der Waals surface area contributed by atoms with Gasteiger partial charge in [0.2, 0.25) is 0 Å². The standard InChI is InChI=1S/C13H20N2O4/c1-18-9-10-19-8-2-7-14-11-12-3-5-13(6-4-12)15(16)17/h3-6,14H,2,7-11H2,1H3. The van der Waals surface area contributed by atoms with Crippen LogP contribution in [0, 0.1) is 10.1 Å². The van der Waals surface area contributed by atoms with E-state index < -0.39 is 4.92 Å². The Balaban J connectivity index is 2.07. The highest BCUT2D eigenvalue weighted by atomic mass is 16.6. The van der Waals surface area contributed by atoms with Gasteiger partial charge < -0.3 is 14.8 Å². The highest BCUT2D eigenvalue weighted by molar-refractivity contribution is 5.32. The molecule has 6 nitrogen and oxygen atoms in total. The van der Waals surface area contributed by atoms with Gasteiger partial charge >= 0.3 is 0 Å². The van der Waals surface area contributed by atoms with Gasteiger partial charge in [0, 0.05) is 32.4 Å². The Bertz CT molecular complexity index is 367. The molecule has 0 aromatic heterocycles. The summed E-state index contributed by atoms with van der Waals surface area (Å²) in [7, 11) is 1.65. The van der Waals surface area contributed by atoms with Crippen molar-refractivity contribution in [1.82, 2.24) is 5.32 Å². The number of nitro groups is 1. The molecule has 6 heteroatoms.